The summed E-state index contributed by atoms with van der Waals surface area (Å²) < 4.78 is 5.19. The zero-order valence-electron chi connectivity index (χ0n) is 18.0. The molecular formula is C26H26N2O4. The average molecular weight is 431 g/mol. The third-order valence-electron chi connectivity index (χ3n) is 4.74. The quantitative estimate of drug-likeness (QED) is 0.480. The Morgan fingerprint density at radius 2 is 1.50 bits per heavy atom. The largest absolute Gasteiger partial charge is 0.465 e. The maximum Gasteiger partial charge on any atom is 0.306 e. The molecule has 6 heteroatoms. The molecule has 3 rings (SSSR count). The van der Waals surface area contributed by atoms with E-state index < -0.39 is 5.97 Å². The summed E-state index contributed by atoms with van der Waals surface area (Å²) >= 11 is 0. The van der Waals surface area contributed by atoms with Gasteiger partial charge in [0, 0.05) is 29.8 Å². The lowest BCUT2D eigenvalue weighted by Crippen LogP contribution is -2.16. The van der Waals surface area contributed by atoms with E-state index in [1.807, 2.05) is 61.5 Å². The summed E-state index contributed by atoms with van der Waals surface area (Å²) in [4.78, 5) is 36.6. The minimum absolute atomic E-state index is 0.00386. The molecule has 3 aromatic carbocycles. The summed E-state index contributed by atoms with van der Waals surface area (Å²) in [6, 6.07) is 23.9. The normalized spacial score (nSPS) is 10.3. The molecule has 0 saturated carbocycles. The number of nitrogens with one attached hydrogen (secondary N) is 2. The highest BCUT2D eigenvalue weighted by Gasteiger charge is 2.11. The first-order valence-electron chi connectivity index (χ1n) is 10.5. The highest BCUT2D eigenvalue weighted by Crippen LogP contribution is 2.15. The Kier molecular flexibility index (Phi) is 8.15. The summed E-state index contributed by atoms with van der Waals surface area (Å²) in [5, 5.41) is 5.56. The number of carbonyl (C=O) groups is 3. The van der Waals surface area contributed by atoms with Crippen LogP contribution in [0.4, 0.5) is 11.4 Å². The number of hydrogen-bond donors (Lipinski definition) is 2. The van der Waals surface area contributed by atoms with Crippen molar-refractivity contribution < 1.29 is 19.1 Å². The van der Waals surface area contributed by atoms with Gasteiger partial charge in [-0.1, -0.05) is 48.5 Å². The fourth-order valence-corrected chi connectivity index (χ4v) is 3.10. The smallest absolute Gasteiger partial charge is 0.306 e. The minimum Gasteiger partial charge on any atom is -0.465 e. The van der Waals surface area contributed by atoms with E-state index in [0.29, 0.717) is 23.4 Å². The molecule has 2 amide bonds. The molecular weight excluding hydrogens is 404 g/mol. The van der Waals surface area contributed by atoms with Gasteiger partial charge >= 0.3 is 5.97 Å². The van der Waals surface area contributed by atoms with Gasteiger partial charge in [0.25, 0.3) is 5.91 Å². The van der Waals surface area contributed by atoms with Gasteiger partial charge in [0.2, 0.25) is 5.91 Å². The lowest BCUT2D eigenvalue weighted by Gasteiger charge is -2.09. The van der Waals surface area contributed by atoms with Crippen LogP contribution >= 0.6 is 0 Å². The first-order valence-corrected chi connectivity index (χ1v) is 10.5. The van der Waals surface area contributed by atoms with Crippen LogP contribution in [0.1, 0.15) is 34.3 Å². The molecule has 2 N–H and O–H groups in total. The lowest BCUT2D eigenvalue weighted by molar-refractivity contribution is -0.144. The molecule has 0 spiro atoms. The number of esters is 1. The van der Waals surface area contributed by atoms with Crippen molar-refractivity contribution in [3.05, 3.63) is 95.6 Å². The predicted molar refractivity (Wildman–Crippen MR) is 125 cm³/mol. The minimum atomic E-state index is -0.414. The van der Waals surface area contributed by atoms with Gasteiger partial charge in [0.15, 0.2) is 0 Å². The van der Waals surface area contributed by atoms with Crippen molar-refractivity contribution in [2.45, 2.75) is 26.2 Å². The zero-order chi connectivity index (χ0) is 22.8. The van der Waals surface area contributed by atoms with Crippen molar-refractivity contribution in [3.8, 4) is 0 Å². The molecule has 0 atom stereocenters. The Hall–Kier alpha value is -3.93. The van der Waals surface area contributed by atoms with Crippen molar-refractivity contribution in [1.82, 2.24) is 0 Å². The Bertz CT molecular complexity index is 1080. The molecule has 0 aliphatic rings. The van der Waals surface area contributed by atoms with Crippen molar-refractivity contribution in [2.24, 2.45) is 0 Å². The van der Waals surface area contributed by atoms with E-state index in [0.717, 1.165) is 11.1 Å². The molecule has 0 aliphatic heterocycles. The zero-order valence-corrected chi connectivity index (χ0v) is 18.0. The van der Waals surface area contributed by atoms with Crippen molar-refractivity contribution in [2.75, 3.05) is 17.2 Å². The average Bonchev–Trinajstić information content (AvgIpc) is 2.79. The Morgan fingerprint density at radius 3 is 2.25 bits per heavy atom. The van der Waals surface area contributed by atoms with E-state index in [2.05, 4.69) is 10.6 Å². The van der Waals surface area contributed by atoms with E-state index in [9.17, 15) is 14.4 Å². The van der Waals surface area contributed by atoms with Gasteiger partial charge in [-0.2, -0.15) is 0 Å². The van der Waals surface area contributed by atoms with Crippen LogP contribution in [-0.2, 0) is 20.7 Å². The summed E-state index contributed by atoms with van der Waals surface area (Å²) in [5.41, 5.74) is 3.75. The molecule has 164 valence electrons. The van der Waals surface area contributed by atoms with Crippen molar-refractivity contribution in [1.29, 1.82) is 0 Å². The third-order valence-corrected chi connectivity index (χ3v) is 4.74. The van der Waals surface area contributed by atoms with Crippen LogP contribution in [0.2, 0.25) is 0 Å². The molecule has 6 nitrogen and oxygen atoms in total. The molecule has 3 aromatic rings. The first kappa shape index (κ1) is 22.7. The monoisotopic (exact) mass is 430 g/mol. The van der Waals surface area contributed by atoms with Crippen LogP contribution in [0, 0.1) is 6.92 Å². The van der Waals surface area contributed by atoms with Gasteiger partial charge in [-0.05, 0) is 48.4 Å². The Morgan fingerprint density at radius 1 is 0.781 bits per heavy atom. The second kappa shape index (κ2) is 11.5. The SMILES string of the molecule is Cc1cccc(NC(=O)c2cccc(NC(=O)CCC(=O)OCCc3ccccc3)c2)c1. The Balaban J connectivity index is 1.43. The number of ether oxygens (including phenoxy) is 1. The molecule has 0 radical (unpaired) electrons. The molecule has 0 saturated heterocycles. The van der Waals surface area contributed by atoms with E-state index in [1.54, 1.807) is 24.3 Å². The second-order valence-corrected chi connectivity index (χ2v) is 7.41. The molecule has 0 unspecified atom stereocenters. The molecule has 0 fully saturated rings. The number of rotatable bonds is 9. The van der Waals surface area contributed by atoms with Crippen LogP contribution in [0.3, 0.4) is 0 Å². The van der Waals surface area contributed by atoms with Crippen LogP contribution < -0.4 is 10.6 Å². The van der Waals surface area contributed by atoms with E-state index in [1.165, 1.54) is 0 Å². The third kappa shape index (κ3) is 7.40. The van der Waals surface area contributed by atoms with Gasteiger partial charge in [-0.3, -0.25) is 14.4 Å². The van der Waals surface area contributed by atoms with Crippen LogP contribution in [0.15, 0.2) is 78.9 Å². The van der Waals surface area contributed by atoms with E-state index in [-0.39, 0.29) is 31.3 Å². The van der Waals surface area contributed by atoms with Crippen molar-refractivity contribution >= 4 is 29.2 Å². The van der Waals surface area contributed by atoms with Crippen LogP contribution in [-0.4, -0.2) is 24.4 Å². The second-order valence-electron chi connectivity index (χ2n) is 7.41. The summed E-state index contributed by atoms with van der Waals surface area (Å²) in [7, 11) is 0. The number of hydrogen-bond acceptors (Lipinski definition) is 4. The number of carbonyl (C=O) groups excluding carboxylic acids is 3. The topological polar surface area (TPSA) is 84.5 Å². The number of anilines is 2. The number of benzene rings is 3. The van der Waals surface area contributed by atoms with Gasteiger partial charge in [-0.15, -0.1) is 0 Å². The highest BCUT2D eigenvalue weighted by molar-refractivity contribution is 6.05. The predicted octanol–water partition coefficient (Wildman–Crippen LogP) is 4.75. The molecule has 32 heavy (non-hydrogen) atoms. The van der Waals surface area contributed by atoms with Crippen molar-refractivity contribution in [3.63, 3.8) is 0 Å². The molecule has 0 aliphatic carbocycles. The molecule has 0 aromatic heterocycles. The summed E-state index contributed by atoms with van der Waals surface area (Å²) in [6.07, 6.45) is 0.633. The van der Waals surface area contributed by atoms with Gasteiger partial charge < -0.3 is 15.4 Å². The fraction of sp³-hybridized carbons (Fsp3) is 0.192. The number of amides is 2. The first-order chi connectivity index (χ1) is 15.5. The molecule has 0 heterocycles. The summed E-state index contributed by atoms with van der Waals surface area (Å²) in [6.45, 7) is 2.23. The maximum absolute atomic E-state index is 12.5. The maximum atomic E-state index is 12.5. The standard InChI is InChI=1S/C26H26N2O4/c1-19-7-5-11-22(17-19)28-26(31)21-10-6-12-23(18-21)27-24(29)13-14-25(30)32-16-15-20-8-3-2-4-9-20/h2-12,17-18H,13-16H2,1H3,(H,27,29)(H,28,31). The Labute approximate surface area is 187 Å². The van der Waals surface area contributed by atoms with Crippen LogP contribution in [0.25, 0.3) is 0 Å². The van der Waals surface area contributed by atoms with E-state index in [4.69, 9.17) is 4.74 Å². The highest BCUT2D eigenvalue weighted by atomic mass is 16.5. The van der Waals surface area contributed by atoms with Gasteiger partial charge in [0.05, 0.1) is 13.0 Å². The fourth-order valence-electron chi connectivity index (χ4n) is 3.10. The lowest BCUT2D eigenvalue weighted by atomic mass is 10.1. The van der Waals surface area contributed by atoms with Gasteiger partial charge in [0.1, 0.15) is 0 Å². The number of aryl methyl sites for hydroxylation is 1. The molecule has 0 bridgehead atoms. The van der Waals surface area contributed by atoms with Crippen LogP contribution in [0.5, 0.6) is 0 Å². The van der Waals surface area contributed by atoms with E-state index >= 15 is 0 Å². The summed E-state index contributed by atoms with van der Waals surface area (Å²) in [5.74, 6) is -1.00. The van der Waals surface area contributed by atoms with Gasteiger partial charge in [-0.25, -0.2) is 0 Å².